The predicted molar refractivity (Wildman–Crippen MR) is 40.1 cm³/mol. The molecule has 0 spiro atoms. The number of fused-ring (bicyclic) bond motifs is 1. The van der Waals surface area contributed by atoms with Gasteiger partial charge in [0.05, 0.1) is 6.20 Å². The van der Waals surface area contributed by atoms with Crippen molar-refractivity contribution >= 4 is 5.97 Å². The summed E-state index contributed by atoms with van der Waals surface area (Å²) < 4.78 is 5.13. The van der Waals surface area contributed by atoms with Crippen molar-refractivity contribution in [2.45, 2.75) is 5.92 Å². The third-order valence-corrected chi connectivity index (χ3v) is 1.90. The fraction of sp³-hybridized carbons (Fsp3) is 0.250. The molecule has 4 nitrogen and oxygen atoms in total. The van der Waals surface area contributed by atoms with Crippen molar-refractivity contribution in [3.05, 3.63) is 24.0 Å². The fourth-order valence-electron chi connectivity index (χ4n) is 1.27. The quantitative estimate of drug-likeness (QED) is 0.663. The van der Waals surface area contributed by atoms with E-state index in [1.165, 1.54) is 6.20 Å². The maximum absolute atomic E-state index is 10.7. The Labute approximate surface area is 68.8 Å². The number of ether oxygens (including phenoxy) is 1. The molecule has 1 atom stereocenters. The molecule has 0 saturated heterocycles. The van der Waals surface area contributed by atoms with Crippen LogP contribution in [0.4, 0.5) is 0 Å². The lowest BCUT2D eigenvalue weighted by Crippen LogP contribution is -2.12. The second-order valence-corrected chi connectivity index (χ2v) is 2.62. The molecule has 12 heavy (non-hydrogen) atoms. The molecule has 1 aliphatic rings. The summed E-state index contributed by atoms with van der Waals surface area (Å²) in [5, 5.41) is 8.76. The number of aliphatic carboxylic acids is 1. The number of carboxylic acid groups (broad SMARTS) is 1. The number of hydrogen-bond acceptors (Lipinski definition) is 3. The smallest absolute Gasteiger partial charge is 0.314 e. The van der Waals surface area contributed by atoms with Crippen molar-refractivity contribution in [2.24, 2.45) is 0 Å². The van der Waals surface area contributed by atoms with Crippen molar-refractivity contribution < 1.29 is 14.6 Å². The number of aromatic nitrogens is 1. The summed E-state index contributed by atoms with van der Waals surface area (Å²) in [5.41, 5.74) is 0.720. The molecule has 1 aromatic heterocycles. The van der Waals surface area contributed by atoms with Gasteiger partial charge in [0.15, 0.2) is 0 Å². The van der Waals surface area contributed by atoms with Gasteiger partial charge in [-0.2, -0.15) is 0 Å². The van der Waals surface area contributed by atoms with Crippen LogP contribution in [-0.2, 0) is 4.79 Å². The van der Waals surface area contributed by atoms with Crippen LogP contribution in [-0.4, -0.2) is 22.7 Å². The van der Waals surface area contributed by atoms with Gasteiger partial charge in [-0.3, -0.25) is 9.78 Å². The molecule has 62 valence electrons. The van der Waals surface area contributed by atoms with Gasteiger partial charge in [0.1, 0.15) is 18.3 Å². The Balaban J connectivity index is 2.42. The van der Waals surface area contributed by atoms with Gasteiger partial charge in [0.25, 0.3) is 0 Å². The number of carbonyl (C=O) groups is 1. The van der Waals surface area contributed by atoms with Crippen molar-refractivity contribution in [1.29, 1.82) is 0 Å². The summed E-state index contributed by atoms with van der Waals surface area (Å²) in [6, 6.07) is 1.68. The van der Waals surface area contributed by atoms with Crippen LogP contribution in [0.5, 0.6) is 5.75 Å². The van der Waals surface area contributed by atoms with E-state index in [2.05, 4.69) is 4.98 Å². The zero-order valence-electron chi connectivity index (χ0n) is 6.23. The van der Waals surface area contributed by atoms with Crippen LogP contribution in [0.25, 0.3) is 0 Å². The molecule has 0 fully saturated rings. The van der Waals surface area contributed by atoms with E-state index in [1.54, 1.807) is 12.3 Å². The normalized spacial score (nSPS) is 19.8. The largest absolute Gasteiger partial charge is 0.490 e. The van der Waals surface area contributed by atoms with Gasteiger partial charge in [0.2, 0.25) is 0 Å². The van der Waals surface area contributed by atoms with E-state index in [4.69, 9.17) is 9.84 Å². The lowest BCUT2D eigenvalue weighted by atomic mass is 10.0. The average Bonchev–Trinajstić information content (AvgIpc) is 2.47. The van der Waals surface area contributed by atoms with E-state index in [-0.39, 0.29) is 6.61 Å². The van der Waals surface area contributed by atoms with E-state index in [0.717, 1.165) is 5.56 Å². The van der Waals surface area contributed by atoms with E-state index >= 15 is 0 Å². The Morgan fingerprint density at radius 1 is 1.75 bits per heavy atom. The van der Waals surface area contributed by atoms with Gasteiger partial charge in [-0.1, -0.05) is 0 Å². The highest BCUT2D eigenvalue weighted by molar-refractivity contribution is 5.78. The number of pyridine rings is 1. The zero-order chi connectivity index (χ0) is 8.55. The molecule has 0 radical (unpaired) electrons. The number of nitrogens with zero attached hydrogens (tertiary/aromatic N) is 1. The summed E-state index contributed by atoms with van der Waals surface area (Å²) in [5.74, 6) is -0.784. The molecule has 0 bridgehead atoms. The minimum atomic E-state index is -0.847. The van der Waals surface area contributed by atoms with Crippen molar-refractivity contribution in [3.63, 3.8) is 0 Å². The van der Waals surface area contributed by atoms with Crippen molar-refractivity contribution in [2.75, 3.05) is 6.61 Å². The summed E-state index contributed by atoms with van der Waals surface area (Å²) in [6.45, 7) is 0.219. The lowest BCUT2D eigenvalue weighted by molar-refractivity contribution is -0.138. The molecular weight excluding hydrogens is 158 g/mol. The molecule has 2 rings (SSSR count). The Hall–Kier alpha value is -1.58. The Kier molecular flexibility index (Phi) is 1.46. The highest BCUT2D eigenvalue weighted by Crippen LogP contribution is 2.32. The molecule has 0 aromatic carbocycles. The van der Waals surface area contributed by atoms with Crippen LogP contribution in [0.3, 0.4) is 0 Å². The topological polar surface area (TPSA) is 59.4 Å². The first-order valence-electron chi connectivity index (χ1n) is 3.58. The molecule has 1 aromatic rings. The first kappa shape index (κ1) is 7.09. The maximum atomic E-state index is 10.7. The molecular formula is C8H7NO3. The Morgan fingerprint density at radius 2 is 2.58 bits per heavy atom. The summed E-state index contributed by atoms with van der Waals surface area (Å²) in [6.07, 6.45) is 3.11. The maximum Gasteiger partial charge on any atom is 0.314 e. The molecule has 1 aliphatic heterocycles. The molecule has 0 aliphatic carbocycles. The molecule has 1 unspecified atom stereocenters. The Bertz CT molecular complexity index is 324. The molecule has 2 heterocycles. The lowest BCUT2D eigenvalue weighted by Gasteiger charge is -1.99. The first-order chi connectivity index (χ1) is 5.79. The van der Waals surface area contributed by atoms with E-state index in [0.29, 0.717) is 5.75 Å². The second-order valence-electron chi connectivity index (χ2n) is 2.62. The van der Waals surface area contributed by atoms with E-state index in [9.17, 15) is 4.79 Å². The van der Waals surface area contributed by atoms with Crippen LogP contribution >= 0.6 is 0 Å². The van der Waals surface area contributed by atoms with Gasteiger partial charge >= 0.3 is 5.97 Å². The third kappa shape index (κ3) is 0.922. The third-order valence-electron chi connectivity index (χ3n) is 1.90. The number of carboxylic acids is 1. The standard InChI is InChI=1S/C8H7NO3/c10-8(11)6-4-12-7-3-9-2-1-5(6)7/h1-3,6H,4H2,(H,10,11). The van der Waals surface area contributed by atoms with Crippen LogP contribution in [0, 0.1) is 0 Å². The van der Waals surface area contributed by atoms with Gasteiger partial charge < -0.3 is 9.84 Å². The van der Waals surface area contributed by atoms with Gasteiger partial charge in [0, 0.05) is 11.8 Å². The fourth-order valence-corrected chi connectivity index (χ4v) is 1.27. The van der Waals surface area contributed by atoms with Crippen molar-refractivity contribution in [1.82, 2.24) is 4.98 Å². The molecule has 0 amide bonds. The Morgan fingerprint density at radius 3 is 3.33 bits per heavy atom. The number of rotatable bonds is 1. The highest BCUT2D eigenvalue weighted by Gasteiger charge is 2.29. The van der Waals surface area contributed by atoms with Gasteiger partial charge in [-0.15, -0.1) is 0 Å². The summed E-state index contributed by atoms with van der Waals surface area (Å²) in [4.78, 5) is 14.5. The van der Waals surface area contributed by atoms with E-state index < -0.39 is 11.9 Å². The zero-order valence-corrected chi connectivity index (χ0v) is 6.23. The minimum Gasteiger partial charge on any atom is -0.490 e. The van der Waals surface area contributed by atoms with Crippen molar-refractivity contribution in [3.8, 4) is 5.75 Å². The van der Waals surface area contributed by atoms with Crippen LogP contribution in [0.1, 0.15) is 11.5 Å². The highest BCUT2D eigenvalue weighted by atomic mass is 16.5. The van der Waals surface area contributed by atoms with E-state index in [1.807, 2.05) is 0 Å². The van der Waals surface area contributed by atoms with Crippen LogP contribution in [0.2, 0.25) is 0 Å². The first-order valence-corrected chi connectivity index (χ1v) is 3.58. The summed E-state index contributed by atoms with van der Waals surface area (Å²) >= 11 is 0. The minimum absolute atomic E-state index is 0.219. The van der Waals surface area contributed by atoms with Gasteiger partial charge in [-0.25, -0.2) is 0 Å². The second kappa shape index (κ2) is 2.48. The van der Waals surface area contributed by atoms with Gasteiger partial charge in [-0.05, 0) is 6.07 Å². The SMILES string of the molecule is O=C(O)C1COc2cnccc21. The predicted octanol–water partition coefficient (Wildman–Crippen LogP) is 0.642. The molecule has 4 heteroatoms. The summed E-state index contributed by atoms with van der Waals surface area (Å²) in [7, 11) is 0. The monoisotopic (exact) mass is 165 g/mol. The number of hydrogen-bond donors (Lipinski definition) is 1. The van der Waals surface area contributed by atoms with Crippen LogP contribution in [0.15, 0.2) is 18.5 Å². The van der Waals surface area contributed by atoms with Crippen LogP contribution < -0.4 is 4.74 Å². The molecule has 0 saturated carbocycles. The average molecular weight is 165 g/mol. The molecule has 1 N–H and O–H groups in total.